The number of benzene rings is 1. The summed E-state index contributed by atoms with van der Waals surface area (Å²) in [6, 6.07) is 10.5. The number of aryl methyl sites for hydroxylation is 1. The van der Waals surface area contributed by atoms with Gasteiger partial charge >= 0.3 is 0 Å². The van der Waals surface area contributed by atoms with Crippen molar-refractivity contribution in [1.29, 1.82) is 0 Å². The molecule has 0 aliphatic carbocycles. The molecule has 0 bridgehead atoms. The van der Waals surface area contributed by atoms with Gasteiger partial charge in [-0.2, -0.15) is 0 Å². The van der Waals surface area contributed by atoms with Crippen molar-refractivity contribution in [3.63, 3.8) is 0 Å². The summed E-state index contributed by atoms with van der Waals surface area (Å²) in [5, 5.41) is 2.66. The van der Waals surface area contributed by atoms with E-state index in [0.29, 0.717) is 6.54 Å². The van der Waals surface area contributed by atoms with E-state index in [1.807, 2.05) is 6.07 Å². The van der Waals surface area contributed by atoms with E-state index in [1.165, 1.54) is 5.56 Å². The van der Waals surface area contributed by atoms with Crippen LogP contribution in [0.2, 0.25) is 0 Å². The first-order chi connectivity index (χ1) is 9.78. The molecule has 1 saturated heterocycles. The first-order valence-electron chi connectivity index (χ1n) is 7.36. The molecule has 2 rings (SSSR count). The van der Waals surface area contributed by atoms with Crippen molar-refractivity contribution >= 4 is 5.91 Å². The minimum absolute atomic E-state index is 0.0785. The lowest BCUT2D eigenvalue weighted by Crippen LogP contribution is -2.34. The predicted molar refractivity (Wildman–Crippen MR) is 79.6 cm³/mol. The number of likely N-dealkylation sites (tertiary alicyclic amines) is 1. The van der Waals surface area contributed by atoms with E-state index in [1.54, 1.807) is 7.05 Å². The van der Waals surface area contributed by atoms with Crippen LogP contribution in [0.4, 0.5) is 0 Å². The van der Waals surface area contributed by atoms with Crippen LogP contribution >= 0.6 is 0 Å². The quantitative estimate of drug-likeness (QED) is 0.767. The second kappa shape index (κ2) is 8.02. The Morgan fingerprint density at radius 1 is 1.40 bits per heavy atom. The van der Waals surface area contributed by atoms with Gasteiger partial charge in [-0.3, -0.25) is 9.69 Å². The average Bonchev–Trinajstić information content (AvgIpc) is 2.92. The zero-order chi connectivity index (χ0) is 14.2. The van der Waals surface area contributed by atoms with E-state index in [2.05, 4.69) is 34.5 Å². The summed E-state index contributed by atoms with van der Waals surface area (Å²) < 4.78 is 5.90. The number of nitrogens with one attached hydrogen (secondary N) is 1. The van der Waals surface area contributed by atoms with Gasteiger partial charge in [0.05, 0.1) is 12.6 Å². The third-order valence-corrected chi connectivity index (χ3v) is 3.68. The van der Waals surface area contributed by atoms with Gasteiger partial charge in [0.25, 0.3) is 0 Å². The fourth-order valence-electron chi connectivity index (χ4n) is 2.53. The zero-order valence-corrected chi connectivity index (χ0v) is 12.2. The van der Waals surface area contributed by atoms with Gasteiger partial charge in [0, 0.05) is 26.7 Å². The number of likely N-dealkylation sites (N-methyl/N-ethyl adjacent to an activating group) is 1. The molecule has 20 heavy (non-hydrogen) atoms. The monoisotopic (exact) mass is 276 g/mol. The average molecular weight is 276 g/mol. The maximum Gasteiger partial charge on any atom is 0.233 e. The Morgan fingerprint density at radius 2 is 2.20 bits per heavy atom. The SMILES string of the molecule is CNC(=O)CN1CC[C@H](OCCCc2ccccc2)C1. The molecule has 1 atom stereocenters. The number of amides is 1. The second-order valence-corrected chi connectivity index (χ2v) is 5.28. The van der Waals surface area contributed by atoms with Crippen molar-refractivity contribution in [2.45, 2.75) is 25.4 Å². The van der Waals surface area contributed by atoms with Crippen molar-refractivity contribution in [3.8, 4) is 0 Å². The molecule has 110 valence electrons. The minimum Gasteiger partial charge on any atom is -0.377 e. The van der Waals surface area contributed by atoms with Crippen molar-refractivity contribution in [2.75, 3.05) is 33.3 Å². The Hall–Kier alpha value is -1.39. The van der Waals surface area contributed by atoms with Gasteiger partial charge in [0.2, 0.25) is 5.91 Å². The molecule has 1 amide bonds. The van der Waals surface area contributed by atoms with E-state index in [4.69, 9.17) is 4.74 Å². The fraction of sp³-hybridized carbons (Fsp3) is 0.562. The highest BCUT2D eigenvalue weighted by Crippen LogP contribution is 2.13. The summed E-state index contributed by atoms with van der Waals surface area (Å²) in [5.41, 5.74) is 1.36. The molecule has 0 saturated carbocycles. The van der Waals surface area contributed by atoms with Crippen molar-refractivity contribution in [2.24, 2.45) is 0 Å². The van der Waals surface area contributed by atoms with Crippen molar-refractivity contribution < 1.29 is 9.53 Å². The second-order valence-electron chi connectivity index (χ2n) is 5.28. The molecule has 0 spiro atoms. The zero-order valence-electron chi connectivity index (χ0n) is 12.2. The number of carbonyl (C=O) groups excluding carboxylic acids is 1. The Balaban J connectivity index is 1.58. The first kappa shape index (κ1) is 15.0. The topological polar surface area (TPSA) is 41.6 Å². The number of hydrogen-bond donors (Lipinski definition) is 1. The fourth-order valence-corrected chi connectivity index (χ4v) is 2.53. The Kier molecular flexibility index (Phi) is 6.02. The van der Waals surface area contributed by atoms with Gasteiger partial charge in [0.1, 0.15) is 0 Å². The molecule has 1 heterocycles. The third kappa shape index (κ3) is 4.94. The van der Waals surface area contributed by atoms with Crippen LogP contribution in [-0.2, 0) is 16.0 Å². The minimum atomic E-state index is 0.0785. The Bertz CT molecular complexity index is 408. The van der Waals surface area contributed by atoms with Crippen LogP contribution < -0.4 is 5.32 Å². The van der Waals surface area contributed by atoms with E-state index in [0.717, 1.165) is 39.0 Å². The van der Waals surface area contributed by atoms with E-state index in [9.17, 15) is 4.79 Å². The summed E-state index contributed by atoms with van der Waals surface area (Å²) in [6.45, 7) is 3.11. The van der Waals surface area contributed by atoms with Gasteiger partial charge in [-0.1, -0.05) is 30.3 Å². The lowest BCUT2D eigenvalue weighted by atomic mass is 10.1. The molecule has 0 unspecified atom stereocenters. The van der Waals surface area contributed by atoms with Crippen LogP contribution in [0.3, 0.4) is 0 Å². The number of ether oxygens (including phenoxy) is 1. The molecule has 4 nitrogen and oxygen atoms in total. The molecule has 0 radical (unpaired) electrons. The molecule has 1 N–H and O–H groups in total. The number of carbonyl (C=O) groups is 1. The summed E-state index contributed by atoms with van der Waals surface area (Å²) in [4.78, 5) is 13.5. The predicted octanol–water partition coefficient (Wildman–Crippen LogP) is 1.46. The summed E-state index contributed by atoms with van der Waals surface area (Å²) in [5.74, 6) is 0.0785. The third-order valence-electron chi connectivity index (χ3n) is 3.68. The van der Waals surface area contributed by atoms with Gasteiger partial charge in [-0.05, 0) is 24.8 Å². The highest BCUT2D eigenvalue weighted by atomic mass is 16.5. The highest BCUT2D eigenvalue weighted by molar-refractivity contribution is 5.77. The lowest BCUT2D eigenvalue weighted by Gasteiger charge is -2.15. The van der Waals surface area contributed by atoms with Crippen molar-refractivity contribution in [3.05, 3.63) is 35.9 Å². The lowest BCUT2D eigenvalue weighted by molar-refractivity contribution is -0.121. The molecular formula is C16H24N2O2. The standard InChI is InChI=1S/C16H24N2O2/c1-17-16(19)13-18-10-9-15(12-18)20-11-5-8-14-6-3-2-4-7-14/h2-4,6-7,15H,5,8-13H2,1H3,(H,17,19)/t15-/m0/s1. The Labute approximate surface area is 121 Å². The summed E-state index contributed by atoms with van der Waals surface area (Å²) >= 11 is 0. The van der Waals surface area contributed by atoms with Crippen LogP contribution in [0.15, 0.2) is 30.3 Å². The highest BCUT2D eigenvalue weighted by Gasteiger charge is 2.23. The smallest absolute Gasteiger partial charge is 0.233 e. The molecular weight excluding hydrogens is 252 g/mol. The Morgan fingerprint density at radius 3 is 2.95 bits per heavy atom. The largest absolute Gasteiger partial charge is 0.377 e. The molecule has 1 aromatic rings. The number of rotatable bonds is 7. The van der Waals surface area contributed by atoms with E-state index in [-0.39, 0.29) is 12.0 Å². The summed E-state index contributed by atoms with van der Waals surface area (Å²) in [7, 11) is 1.68. The van der Waals surface area contributed by atoms with Crippen LogP contribution in [0.25, 0.3) is 0 Å². The number of nitrogens with zero attached hydrogens (tertiary/aromatic N) is 1. The van der Waals surface area contributed by atoms with Crippen LogP contribution in [-0.4, -0.2) is 50.2 Å². The molecule has 1 aliphatic rings. The first-order valence-corrected chi connectivity index (χ1v) is 7.36. The van der Waals surface area contributed by atoms with Crippen LogP contribution in [0, 0.1) is 0 Å². The molecule has 1 aromatic carbocycles. The number of hydrogen-bond acceptors (Lipinski definition) is 3. The normalized spacial score (nSPS) is 19.1. The maximum atomic E-state index is 11.3. The van der Waals surface area contributed by atoms with Crippen molar-refractivity contribution in [1.82, 2.24) is 10.2 Å². The van der Waals surface area contributed by atoms with Gasteiger partial charge < -0.3 is 10.1 Å². The van der Waals surface area contributed by atoms with Crippen LogP contribution in [0.5, 0.6) is 0 Å². The molecule has 0 aromatic heterocycles. The maximum absolute atomic E-state index is 11.3. The molecule has 1 fully saturated rings. The van der Waals surface area contributed by atoms with Gasteiger partial charge in [0.15, 0.2) is 0 Å². The molecule has 1 aliphatic heterocycles. The van der Waals surface area contributed by atoms with E-state index < -0.39 is 0 Å². The van der Waals surface area contributed by atoms with Gasteiger partial charge in [-0.25, -0.2) is 0 Å². The summed E-state index contributed by atoms with van der Waals surface area (Å²) in [6.07, 6.45) is 3.43. The van der Waals surface area contributed by atoms with E-state index >= 15 is 0 Å². The van der Waals surface area contributed by atoms with Crippen LogP contribution in [0.1, 0.15) is 18.4 Å². The van der Waals surface area contributed by atoms with Gasteiger partial charge in [-0.15, -0.1) is 0 Å². The molecule has 4 heteroatoms.